The third-order valence-corrected chi connectivity index (χ3v) is 8.66. The molecule has 202 valence electrons. The molecule has 0 aromatic heterocycles. The van der Waals surface area contributed by atoms with E-state index >= 15 is 0 Å². The third-order valence-electron chi connectivity index (χ3n) is 7.61. The van der Waals surface area contributed by atoms with Crippen LogP contribution in [-0.4, -0.2) is 62.2 Å². The molecule has 1 heterocycles. The molecule has 1 saturated heterocycles. The number of carbonyl (C=O) groups is 1. The van der Waals surface area contributed by atoms with Gasteiger partial charge in [-0.15, -0.1) is 0 Å². The lowest BCUT2D eigenvalue weighted by atomic mass is 9.96. The maximum atomic E-state index is 12.2. The van der Waals surface area contributed by atoms with Gasteiger partial charge in [-0.1, -0.05) is 18.2 Å². The van der Waals surface area contributed by atoms with Crippen LogP contribution in [0.25, 0.3) is 11.1 Å². The maximum absolute atomic E-state index is 12.2. The Bertz CT molecular complexity index is 1300. The second-order valence-corrected chi connectivity index (χ2v) is 11.2. The molecule has 0 saturated carbocycles. The molecule has 2 atom stereocenters. The number of hydrogen-bond donors (Lipinski definition) is 1. The Balaban J connectivity index is 1.69. The maximum Gasteiger partial charge on any atom is 0.337 e. The minimum atomic E-state index is -1.23. The Morgan fingerprint density at radius 3 is 2.37 bits per heavy atom. The molecule has 0 bridgehead atoms. The van der Waals surface area contributed by atoms with Gasteiger partial charge >= 0.3 is 5.97 Å². The van der Waals surface area contributed by atoms with Gasteiger partial charge in [-0.25, -0.2) is 13.7 Å². The van der Waals surface area contributed by atoms with E-state index in [1.54, 1.807) is 14.2 Å². The number of morpholine rings is 1. The Morgan fingerprint density at radius 1 is 1.05 bits per heavy atom. The molecule has 2 unspecified atom stereocenters. The van der Waals surface area contributed by atoms with Crippen molar-refractivity contribution < 1.29 is 27.7 Å². The summed E-state index contributed by atoms with van der Waals surface area (Å²) in [5, 5.41) is 0. The number of nitrogens with zero attached hydrogens (tertiary/aromatic N) is 1. The summed E-state index contributed by atoms with van der Waals surface area (Å²) in [5.74, 6) is 0.477. The molecule has 1 N–H and O–H groups in total. The van der Waals surface area contributed by atoms with Gasteiger partial charge < -0.3 is 18.7 Å². The van der Waals surface area contributed by atoms with Crippen LogP contribution >= 0.6 is 0 Å². The van der Waals surface area contributed by atoms with Gasteiger partial charge in [0.05, 0.1) is 37.9 Å². The van der Waals surface area contributed by atoms with Crippen molar-refractivity contribution in [3.63, 3.8) is 0 Å². The van der Waals surface area contributed by atoms with Crippen molar-refractivity contribution in [2.45, 2.75) is 31.3 Å². The molecule has 3 aromatic rings. The van der Waals surface area contributed by atoms with Crippen LogP contribution in [0.15, 0.2) is 65.6 Å². The molecule has 0 amide bonds. The van der Waals surface area contributed by atoms with E-state index in [4.69, 9.17) is 14.2 Å². The van der Waals surface area contributed by atoms with Gasteiger partial charge in [-0.2, -0.15) is 0 Å². The second kappa shape index (κ2) is 12.2. The van der Waals surface area contributed by atoms with Gasteiger partial charge in [-0.3, -0.25) is 0 Å². The topological polar surface area (TPSA) is 73.9 Å². The van der Waals surface area contributed by atoms with Crippen LogP contribution in [0.5, 0.6) is 5.75 Å². The van der Waals surface area contributed by atoms with Crippen LogP contribution in [0.2, 0.25) is 0 Å². The monoisotopic (exact) mass is 537 g/mol. The minimum Gasteiger partial charge on any atom is -0.497 e. The van der Waals surface area contributed by atoms with E-state index in [9.17, 15) is 9.00 Å². The summed E-state index contributed by atoms with van der Waals surface area (Å²) in [6.45, 7) is 8.28. The van der Waals surface area contributed by atoms with E-state index in [1.165, 1.54) is 18.2 Å². The lowest BCUT2D eigenvalue weighted by Crippen LogP contribution is -2.55. The summed E-state index contributed by atoms with van der Waals surface area (Å²) in [6.07, 6.45) is 0. The van der Waals surface area contributed by atoms with E-state index in [1.807, 2.05) is 49.4 Å². The average molecular weight is 538 g/mol. The third kappa shape index (κ3) is 5.99. The van der Waals surface area contributed by atoms with Gasteiger partial charge in [0.15, 0.2) is 0 Å². The van der Waals surface area contributed by atoms with Crippen LogP contribution in [0.3, 0.4) is 0 Å². The van der Waals surface area contributed by atoms with Gasteiger partial charge in [0.1, 0.15) is 42.4 Å². The number of quaternary nitrogens is 1. The van der Waals surface area contributed by atoms with E-state index < -0.39 is 11.0 Å². The van der Waals surface area contributed by atoms with Crippen LogP contribution < -0.4 is 9.46 Å². The van der Waals surface area contributed by atoms with Crippen LogP contribution in [0.1, 0.15) is 40.0 Å². The predicted molar refractivity (Wildman–Crippen MR) is 149 cm³/mol. The van der Waals surface area contributed by atoms with E-state index in [2.05, 4.69) is 29.8 Å². The number of aryl methyl sites for hydroxylation is 1. The number of esters is 1. The number of rotatable bonds is 9. The quantitative estimate of drug-likeness (QED) is 0.313. The van der Waals surface area contributed by atoms with Crippen molar-refractivity contribution in [1.29, 1.82) is 0 Å². The van der Waals surface area contributed by atoms with Crippen LogP contribution in [0.4, 0.5) is 0 Å². The summed E-state index contributed by atoms with van der Waals surface area (Å²) in [5.41, 5.74) is 6.12. The van der Waals surface area contributed by atoms with Crippen molar-refractivity contribution in [3.05, 3.63) is 82.9 Å². The van der Waals surface area contributed by atoms with Gasteiger partial charge in [0.25, 0.3) is 0 Å². The van der Waals surface area contributed by atoms with E-state index in [0.29, 0.717) is 18.8 Å². The van der Waals surface area contributed by atoms with Crippen molar-refractivity contribution in [1.82, 2.24) is 4.72 Å². The normalized spacial score (nSPS) is 16.4. The largest absolute Gasteiger partial charge is 0.497 e. The molecule has 1 fully saturated rings. The molecule has 1 aliphatic heterocycles. The Morgan fingerprint density at radius 2 is 1.76 bits per heavy atom. The Kier molecular flexibility index (Phi) is 8.99. The Labute approximate surface area is 227 Å². The lowest BCUT2D eigenvalue weighted by Gasteiger charge is -2.46. The highest BCUT2D eigenvalue weighted by Gasteiger charge is 2.37. The summed E-state index contributed by atoms with van der Waals surface area (Å²) < 4.78 is 32.2. The first-order valence-corrected chi connectivity index (χ1v) is 13.9. The number of benzene rings is 3. The lowest BCUT2D eigenvalue weighted by molar-refractivity contribution is -0.974. The highest BCUT2D eigenvalue weighted by Crippen LogP contribution is 2.36. The molecular weight excluding hydrogens is 500 g/mol. The highest BCUT2D eigenvalue weighted by molar-refractivity contribution is 7.83. The SMILES string of the molecule is CNS(=O)c1ccc(-c2cc(C[N+]3(C(C)c4ccc(C(=O)OC)cc4)CCOCC3)cc(OC)c2)c(C)c1. The number of nitrogens with one attached hydrogen (secondary N) is 1. The van der Waals surface area contributed by atoms with E-state index in [-0.39, 0.29) is 12.0 Å². The van der Waals surface area contributed by atoms with Crippen molar-refractivity contribution in [2.24, 2.45) is 0 Å². The zero-order valence-corrected chi connectivity index (χ0v) is 23.6. The molecule has 7 nitrogen and oxygen atoms in total. The van der Waals surface area contributed by atoms with Crippen LogP contribution in [-0.2, 0) is 27.0 Å². The fourth-order valence-electron chi connectivity index (χ4n) is 5.30. The molecule has 0 spiro atoms. The number of ether oxygens (including phenoxy) is 3. The molecule has 0 aliphatic carbocycles. The van der Waals surface area contributed by atoms with E-state index in [0.717, 1.165) is 51.5 Å². The van der Waals surface area contributed by atoms with Crippen LogP contribution in [0, 0.1) is 6.92 Å². The standard InChI is InChI=1S/C30H37N2O5S/c1-21-16-28(38(34)31-3)10-11-29(21)26-17-23(18-27(19-26)35-4)20-32(12-14-37-15-13-32)22(2)24-6-8-25(9-7-24)30(33)36-5/h6-11,16-19,22,31H,12-15,20H2,1-5H3/q+1. The zero-order valence-electron chi connectivity index (χ0n) is 22.8. The molecule has 0 radical (unpaired) electrons. The average Bonchev–Trinajstić information content (AvgIpc) is 2.96. The first kappa shape index (κ1) is 28.0. The number of methoxy groups -OCH3 is 2. The molecule has 8 heteroatoms. The minimum absolute atomic E-state index is 0.192. The number of carbonyl (C=O) groups excluding carboxylic acids is 1. The fraction of sp³-hybridized carbons (Fsp3) is 0.367. The predicted octanol–water partition coefficient (Wildman–Crippen LogP) is 4.81. The fourth-order valence-corrected chi connectivity index (χ4v) is 6.01. The second-order valence-electron chi connectivity index (χ2n) is 9.75. The zero-order chi connectivity index (χ0) is 27.3. The molecule has 3 aromatic carbocycles. The number of hydrogen-bond acceptors (Lipinski definition) is 5. The van der Waals surface area contributed by atoms with Crippen molar-refractivity contribution in [2.75, 3.05) is 47.6 Å². The summed E-state index contributed by atoms with van der Waals surface area (Å²) in [7, 11) is 3.55. The van der Waals surface area contributed by atoms with Crippen molar-refractivity contribution >= 4 is 17.0 Å². The molecule has 4 rings (SSSR count). The van der Waals surface area contributed by atoms with Gasteiger partial charge in [-0.05, 0) is 80.1 Å². The first-order chi connectivity index (χ1) is 18.3. The summed E-state index contributed by atoms with van der Waals surface area (Å²) >= 11 is 0. The van der Waals surface area contributed by atoms with Gasteiger partial charge in [0, 0.05) is 11.1 Å². The van der Waals surface area contributed by atoms with Gasteiger partial charge in [0.2, 0.25) is 0 Å². The molecular formula is C30H37N2O5S+. The van der Waals surface area contributed by atoms with Crippen molar-refractivity contribution in [3.8, 4) is 16.9 Å². The molecule has 38 heavy (non-hydrogen) atoms. The first-order valence-electron chi connectivity index (χ1n) is 12.8. The summed E-state index contributed by atoms with van der Waals surface area (Å²) in [4.78, 5) is 12.7. The Hall–Kier alpha value is -3.04. The summed E-state index contributed by atoms with van der Waals surface area (Å²) in [6, 6.07) is 20.2. The smallest absolute Gasteiger partial charge is 0.337 e. The highest BCUT2D eigenvalue weighted by atomic mass is 32.2. The molecule has 1 aliphatic rings.